The lowest BCUT2D eigenvalue weighted by Crippen LogP contribution is -2.26. The summed E-state index contributed by atoms with van der Waals surface area (Å²) in [5, 5.41) is 2.44. The Balaban J connectivity index is 0.000000824. The van der Waals surface area contributed by atoms with E-state index in [4.69, 9.17) is 11.5 Å². The van der Waals surface area contributed by atoms with Crippen LogP contribution in [0.4, 0.5) is 5.69 Å². The van der Waals surface area contributed by atoms with E-state index in [1.807, 2.05) is 61.6 Å². The van der Waals surface area contributed by atoms with E-state index >= 15 is 0 Å². The monoisotopic (exact) mass is 865 g/mol. The zero-order chi connectivity index (χ0) is 46.9. The highest BCUT2D eigenvalue weighted by atomic mass is 15.2. The lowest BCUT2D eigenvalue weighted by Gasteiger charge is -2.34. The fourth-order valence-corrected chi connectivity index (χ4v) is 8.33. The third kappa shape index (κ3) is 11.3. The minimum absolute atomic E-state index is 0.214. The van der Waals surface area contributed by atoms with Gasteiger partial charge in [0.15, 0.2) is 0 Å². The molecular weight excluding hydrogens is 801 g/mol. The second kappa shape index (κ2) is 23.2. The predicted molar refractivity (Wildman–Crippen MR) is 289 cm³/mol. The van der Waals surface area contributed by atoms with Gasteiger partial charge in [-0.2, -0.15) is 0 Å². The molecule has 1 heterocycles. The largest absolute Gasteiger partial charge is 0.405 e. The third-order valence-electron chi connectivity index (χ3n) is 11.7. The summed E-state index contributed by atoms with van der Waals surface area (Å²) in [6, 6.07) is 41.4. The molecule has 6 aromatic rings. The molecule has 7 rings (SSSR count). The minimum Gasteiger partial charge on any atom is -0.405 e. The standard InChI is InChI=1S/C55H53N3.C7H11N/c1-7-17-42(18-8-2)44-28-31-53-49(38-44)50-39-45(29-32-54(50)58(53)48-25-16-22-41(37-48)27-30-51(56)43-23-12-11-13-24-43)55(6)35-33-47(34-36-55)57(46(19-9-3)20-10-4)52-26-15-14-21-40(52)5;1-2-3-4-5-6-7-8/h7-26,28-35,37-39H,1,3,27,36,56H2,2,4-6H3;2-7H,8H2,1H3/b18-8-,20-10-,42-17+,46-19+,51-30-;3-2+,5-4-,7-6-. The van der Waals surface area contributed by atoms with Gasteiger partial charge in [0, 0.05) is 44.7 Å². The molecule has 1 unspecified atom stereocenters. The molecule has 1 atom stereocenters. The summed E-state index contributed by atoms with van der Waals surface area (Å²) in [4.78, 5) is 2.34. The van der Waals surface area contributed by atoms with Crippen molar-refractivity contribution in [2.75, 3.05) is 4.90 Å². The van der Waals surface area contributed by atoms with Gasteiger partial charge in [-0.05, 0) is 147 Å². The van der Waals surface area contributed by atoms with Gasteiger partial charge in [0.25, 0.3) is 0 Å². The molecule has 0 aliphatic heterocycles. The fraction of sp³-hybridized carbons (Fsp3) is 0.129. The molecule has 0 fully saturated rings. The Kier molecular flexibility index (Phi) is 16.8. The number of nitrogens with two attached hydrogens (primary N) is 2. The highest BCUT2D eigenvalue weighted by molar-refractivity contribution is 6.10. The van der Waals surface area contributed by atoms with E-state index in [-0.39, 0.29) is 5.41 Å². The highest BCUT2D eigenvalue weighted by Crippen LogP contribution is 2.41. The number of aromatic nitrogens is 1. The summed E-state index contributed by atoms with van der Waals surface area (Å²) in [5.41, 5.74) is 26.0. The Hall–Kier alpha value is -7.82. The van der Waals surface area contributed by atoms with Gasteiger partial charge in [-0.3, -0.25) is 0 Å². The normalized spacial score (nSPS) is 16.0. The number of aryl methyl sites for hydroxylation is 1. The van der Waals surface area contributed by atoms with Gasteiger partial charge in [-0.25, -0.2) is 0 Å². The summed E-state index contributed by atoms with van der Waals surface area (Å²) in [6.07, 6.45) is 38.1. The van der Waals surface area contributed by atoms with Crippen LogP contribution in [0.5, 0.6) is 0 Å². The first kappa shape index (κ1) is 47.7. The number of fused-ring (bicyclic) bond motifs is 3. The maximum Gasteiger partial charge on any atom is 0.0541 e. The molecule has 1 aliphatic rings. The molecule has 1 aliphatic carbocycles. The van der Waals surface area contributed by atoms with Gasteiger partial charge in [0.2, 0.25) is 0 Å². The number of nitrogens with zero attached hydrogens (tertiary/aromatic N) is 2. The maximum atomic E-state index is 6.51. The quantitative estimate of drug-likeness (QED) is 0.101. The van der Waals surface area contributed by atoms with Crippen LogP contribution in [0.15, 0.2) is 249 Å². The summed E-state index contributed by atoms with van der Waals surface area (Å²) >= 11 is 0. The first-order chi connectivity index (χ1) is 32.2. The third-order valence-corrected chi connectivity index (χ3v) is 11.7. The van der Waals surface area contributed by atoms with Crippen LogP contribution in [0.25, 0.3) is 38.8 Å². The smallest absolute Gasteiger partial charge is 0.0541 e. The molecule has 0 saturated carbocycles. The SMILES string of the molecule is C/C=C/C=C\C=C/N.C=C/C=C(\C=C/C)c1ccc2c(c1)c1cc(C3(C)C=CC(N(C(/C=C\C)=C/C=C)c4ccccc4C)=CC3)ccc1n2-c1cccc(C/C=C(\N)c2ccccc2)c1. The molecule has 0 amide bonds. The van der Waals surface area contributed by atoms with Gasteiger partial charge in [0.1, 0.15) is 0 Å². The van der Waals surface area contributed by atoms with Crippen LogP contribution in [0.3, 0.4) is 0 Å². The molecular formula is C62H64N4. The van der Waals surface area contributed by atoms with E-state index in [1.54, 1.807) is 6.08 Å². The first-order valence-electron chi connectivity index (χ1n) is 22.7. The lowest BCUT2D eigenvalue weighted by molar-refractivity contribution is 0.596. The molecule has 0 spiro atoms. The number of allylic oxidation sites excluding steroid dienone is 18. The average Bonchev–Trinajstić information content (AvgIpc) is 3.67. The van der Waals surface area contributed by atoms with Crippen molar-refractivity contribution in [3.8, 4) is 5.69 Å². The van der Waals surface area contributed by atoms with E-state index in [0.29, 0.717) is 0 Å². The maximum absolute atomic E-state index is 6.51. The molecule has 0 saturated heterocycles. The van der Waals surface area contributed by atoms with E-state index < -0.39 is 0 Å². The van der Waals surface area contributed by atoms with E-state index in [0.717, 1.165) is 63.5 Å². The van der Waals surface area contributed by atoms with Crippen molar-refractivity contribution in [3.63, 3.8) is 0 Å². The van der Waals surface area contributed by atoms with Gasteiger partial charge in [-0.1, -0.05) is 172 Å². The Morgan fingerprint density at radius 1 is 0.727 bits per heavy atom. The molecule has 5 aromatic carbocycles. The molecule has 0 bridgehead atoms. The zero-order valence-corrected chi connectivity index (χ0v) is 39.2. The highest BCUT2D eigenvalue weighted by Gasteiger charge is 2.28. The zero-order valence-electron chi connectivity index (χ0n) is 39.2. The average molecular weight is 865 g/mol. The predicted octanol–water partition coefficient (Wildman–Crippen LogP) is 15.6. The van der Waals surface area contributed by atoms with Crippen molar-refractivity contribution in [3.05, 3.63) is 277 Å². The molecule has 1 aromatic heterocycles. The Labute approximate surface area is 393 Å². The second-order valence-electron chi connectivity index (χ2n) is 16.4. The van der Waals surface area contributed by atoms with Gasteiger partial charge in [-0.15, -0.1) is 0 Å². The number of benzene rings is 5. The van der Waals surface area contributed by atoms with Crippen LogP contribution in [0.2, 0.25) is 0 Å². The number of anilines is 1. The fourth-order valence-electron chi connectivity index (χ4n) is 8.33. The summed E-state index contributed by atoms with van der Waals surface area (Å²) < 4.78 is 2.41. The number of hydrogen-bond donors (Lipinski definition) is 2. The Morgan fingerprint density at radius 3 is 2.12 bits per heavy atom. The van der Waals surface area contributed by atoms with Crippen molar-refractivity contribution in [1.82, 2.24) is 4.57 Å². The molecule has 66 heavy (non-hydrogen) atoms. The minimum atomic E-state index is -0.214. The van der Waals surface area contributed by atoms with Crippen molar-refractivity contribution in [2.45, 2.75) is 52.9 Å². The van der Waals surface area contributed by atoms with Crippen LogP contribution >= 0.6 is 0 Å². The van der Waals surface area contributed by atoms with Crippen molar-refractivity contribution in [2.24, 2.45) is 11.5 Å². The molecule has 4 nitrogen and oxygen atoms in total. The van der Waals surface area contributed by atoms with Crippen LogP contribution in [0, 0.1) is 6.92 Å². The van der Waals surface area contributed by atoms with Crippen molar-refractivity contribution < 1.29 is 0 Å². The molecule has 4 N–H and O–H groups in total. The van der Waals surface area contributed by atoms with Gasteiger partial charge in [0.05, 0.1) is 11.0 Å². The van der Waals surface area contributed by atoms with Crippen LogP contribution < -0.4 is 16.4 Å². The lowest BCUT2D eigenvalue weighted by atomic mass is 9.76. The van der Waals surface area contributed by atoms with Crippen LogP contribution in [-0.2, 0) is 11.8 Å². The van der Waals surface area contributed by atoms with E-state index in [2.05, 4.69) is 208 Å². The van der Waals surface area contributed by atoms with Gasteiger partial charge >= 0.3 is 0 Å². The first-order valence-corrected chi connectivity index (χ1v) is 22.7. The summed E-state index contributed by atoms with van der Waals surface area (Å²) in [7, 11) is 0. The van der Waals surface area contributed by atoms with Crippen molar-refractivity contribution >= 4 is 38.8 Å². The molecule has 332 valence electrons. The number of hydrogen-bond acceptors (Lipinski definition) is 3. The van der Waals surface area contributed by atoms with E-state index in [1.165, 1.54) is 39.2 Å². The van der Waals surface area contributed by atoms with Crippen LogP contribution in [0.1, 0.15) is 61.9 Å². The number of rotatable bonds is 15. The number of para-hydroxylation sites is 1. The summed E-state index contributed by atoms with van der Waals surface area (Å²) in [5.74, 6) is 0. The Morgan fingerprint density at radius 2 is 1.44 bits per heavy atom. The van der Waals surface area contributed by atoms with Crippen molar-refractivity contribution in [1.29, 1.82) is 0 Å². The topological polar surface area (TPSA) is 60.2 Å². The van der Waals surface area contributed by atoms with Crippen LogP contribution in [-0.4, -0.2) is 4.57 Å². The molecule has 0 radical (unpaired) electrons. The van der Waals surface area contributed by atoms with Gasteiger partial charge < -0.3 is 20.9 Å². The summed E-state index contributed by atoms with van der Waals surface area (Å²) in [6.45, 7) is 18.6. The molecule has 4 heteroatoms. The second-order valence-corrected chi connectivity index (χ2v) is 16.4. The van der Waals surface area contributed by atoms with E-state index in [9.17, 15) is 0 Å². The Bertz CT molecular complexity index is 2960.